The molecule has 0 aromatic heterocycles. The zero-order valence-corrected chi connectivity index (χ0v) is 14.4. The predicted octanol–water partition coefficient (Wildman–Crippen LogP) is 3.27. The van der Waals surface area contributed by atoms with Gasteiger partial charge in [-0.15, -0.1) is 0 Å². The molecule has 0 fully saturated rings. The van der Waals surface area contributed by atoms with Gasteiger partial charge < -0.3 is 4.74 Å². The fourth-order valence-electron chi connectivity index (χ4n) is 2.33. The van der Waals surface area contributed by atoms with E-state index in [0.29, 0.717) is 11.5 Å². The number of benzene rings is 1. The summed E-state index contributed by atoms with van der Waals surface area (Å²) in [4.78, 5) is 0.292. The van der Waals surface area contributed by atoms with Crippen molar-refractivity contribution in [1.82, 2.24) is 4.31 Å². The molecular weight excluding hydrogens is 300 g/mol. The zero-order chi connectivity index (χ0) is 16.6. The van der Waals surface area contributed by atoms with Crippen LogP contribution in [0.15, 0.2) is 35.2 Å². The van der Waals surface area contributed by atoms with Crippen LogP contribution >= 0.6 is 0 Å². The van der Waals surface area contributed by atoms with Gasteiger partial charge in [0.05, 0.1) is 11.5 Å². The Morgan fingerprint density at radius 3 is 2.45 bits per heavy atom. The first-order chi connectivity index (χ1) is 10.4. The molecule has 0 spiro atoms. The van der Waals surface area contributed by atoms with Crippen LogP contribution in [0.4, 0.5) is 0 Å². The van der Waals surface area contributed by atoms with E-state index in [4.69, 9.17) is 10.1 Å². The van der Waals surface area contributed by atoms with Gasteiger partial charge in [0.25, 0.3) is 0 Å². The van der Waals surface area contributed by atoms with Crippen LogP contribution in [0.2, 0.25) is 0 Å². The van der Waals surface area contributed by atoms with E-state index < -0.39 is 10.0 Å². The van der Waals surface area contributed by atoms with Crippen molar-refractivity contribution in [2.45, 2.75) is 51.0 Å². The van der Waals surface area contributed by atoms with Crippen LogP contribution in [-0.2, 0) is 14.8 Å². The predicted molar refractivity (Wildman–Crippen MR) is 88.7 cm³/mol. The summed E-state index contributed by atoms with van der Waals surface area (Å²) in [5.41, 5.74) is 0. The second-order valence-electron chi connectivity index (χ2n) is 5.17. The quantitative estimate of drug-likeness (QED) is 0.559. The molecule has 0 saturated heterocycles. The Hall–Kier alpha value is -1.40. The standard InChI is InChI=1S/C16H26N2O3S/c1-4-9-14(3)18(13-12-16(17)21-5-2)22(19,20)15-10-7-6-8-11-15/h6-8,10-11,14,17H,4-5,9,12-13H2,1-3H3. The molecule has 0 aliphatic carbocycles. The van der Waals surface area contributed by atoms with Gasteiger partial charge in [-0.1, -0.05) is 31.5 Å². The monoisotopic (exact) mass is 326 g/mol. The topological polar surface area (TPSA) is 70.5 Å². The van der Waals surface area contributed by atoms with Gasteiger partial charge in [-0.25, -0.2) is 8.42 Å². The third kappa shape index (κ3) is 5.10. The van der Waals surface area contributed by atoms with E-state index in [1.807, 2.05) is 20.8 Å². The minimum absolute atomic E-state index is 0.107. The lowest BCUT2D eigenvalue weighted by Crippen LogP contribution is -2.40. The second-order valence-corrected chi connectivity index (χ2v) is 7.06. The fraction of sp³-hybridized carbons (Fsp3) is 0.562. The van der Waals surface area contributed by atoms with Crippen molar-refractivity contribution in [3.63, 3.8) is 0 Å². The summed E-state index contributed by atoms with van der Waals surface area (Å²) >= 11 is 0. The number of hydrogen-bond acceptors (Lipinski definition) is 4. The number of nitrogens with zero attached hydrogens (tertiary/aromatic N) is 1. The molecule has 1 aromatic carbocycles. The molecule has 0 bridgehead atoms. The first-order valence-electron chi connectivity index (χ1n) is 7.70. The van der Waals surface area contributed by atoms with E-state index in [2.05, 4.69) is 0 Å². The van der Waals surface area contributed by atoms with Crippen LogP contribution in [0.5, 0.6) is 0 Å². The molecule has 1 N–H and O–H groups in total. The molecule has 1 rings (SSSR count). The van der Waals surface area contributed by atoms with E-state index in [0.717, 1.165) is 12.8 Å². The van der Waals surface area contributed by atoms with Crippen molar-refractivity contribution >= 4 is 15.9 Å². The molecule has 22 heavy (non-hydrogen) atoms. The second kappa shape index (κ2) is 8.90. The van der Waals surface area contributed by atoms with Crippen molar-refractivity contribution in [2.24, 2.45) is 0 Å². The van der Waals surface area contributed by atoms with Crippen molar-refractivity contribution in [3.05, 3.63) is 30.3 Å². The Kier molecular flexibility index (Phi) is 7.55. The average Bonchev–Trinajstić information content (AvgIpc) is 2.48. The molecule has 0 radical (unpaired) electrons. The van der Waals surface area contributed by atoms with Crippen molar-refractivity contribution in [1.29, 1.82) is 5.41 Å². The van der Waals surface area contributed by atoms with E-state index in [9.17, 15) is 8.42 Å². The normalized spacial score (nSPS) is 13.1. The summed E-state index contributed by atoms with van der Waals surface area (Å²) in [6, 6.07) is 8.34. The van der Waals surface area contributed by atoms with Crippen molar-refractivity contribution in [3.8, 4) is 0 Å². The molecule has 1 atom stereocenters. The summed E-state index contributed by atoms with van der Waals surface area (Å²) in [5.74, 6) is 0.125. The first-order valence-corrected chi connectivity index (χ1v) is 9.14. The van der Waals surface area contributed by atoms with Crippen LogP contribution < -0.4 is 0 Å². The number of rotatable bonds is 9. The molecule has 0 aliphatic heterocycles. The van der Waals surface area contributed by atoms with E-state index in [-0.39, 0.29) is 24.9 Å². The van der Waals surface area contributed by atoms with Crippen LogP contribution in [-0.4, -0.2) is 37.8 Å². The van der Waals surface area contributed by atoms with Crippen LogP contribution in [0, 0.1) is 5.41 Å². The van der Waals surface area contributed by atoms with Gasteiger partial charge in [-0.2, -0.15) is 4.31 Å². The van der Waals surface area contributed by atoms with Gasteiger partial charge in [-0.3, -0.25) is 5.41 Å². The van der Waals surface area contributed by atoms with Crippen molar-refractivity contribution in [2.75, 3.05) is 13.2 Å². The Morgan fingerprint density at radius 1 is 1.27 bits per heavy atom. The number of ether oxygens (including phenoxy) is 1. The lowest BCUT2D eigenvalue weighted by molar-refractivity contribution is 0.291. The lowest BCUT2D eigenvalue weighted by atomic mass is 10.2. The summed E-state index contributed by atoms with van der Waals surface area (Å²) in [5, 5.41) is 7.69. The molecule has 0 heterocycles. The van der Waals surface area contributed by atoms with Gasteiger partial charge >= 0.3 is 0 Å². The fourth-order valence-corrected chi connectivity index (χ4v) is 4.01. The number of nitrogens with one attached hydrogen (secondary N) is 1. The largest absolute Gasteiger partial charge is 0.481 e. The van der Waals surface area contributed by atoms with Crippen LogP contribution in [0.3, 0.4) is 0 Å². The van der Waals surface area contributed by atoms with Crippen LogP contribution in [0.1, 0.15) is 40.0 Å². The molecule has 124 valence electrons. The summed E-state index contributed by atoms with van der Waals surface area (Å²) in [7, 11) is -3.55. The zero-order valence-electron chi connectivity index (χ0n) is 13.6. The maximum Gasteiger partial charge on any atom is 0.243 e. The maximum absolute atomic E-state index is 12.8. The number of hydrogen-bond donors (Lipinski definition) is 1. The minimum atomic E-state index is -3.55. The summed E-state index contributed by atoms with van der Waals surface area (Å²) in [6.07, 6.45) is 1.98. The molecule has 1 aromatic rings. The Morgan fingerprint density at radius 2 is 1.91 bits per heavy atom. The average molecular weight is 326 g/mol. The molecular formula is C16H26N2O3S. The van der Waals surface area contributed by atoms with Gasteiger partial charge in [0.15, 0.2) is 5.90 Å². The van der Waals surface area contributed by atoms with Gasteiger partial charge in [-0.05, 0) is 32.4 Å². The molecule has 1 unspecified atom stereocenters. The maximum atomic E-state index is 12.8. The highest BCUT2D eigenvalue weighted by Crippen LogP contribution is 2.20. The highest BCUT2D eigenvalue weighted by atomic mass is 32.2. The van der Waals surface area contributed by atoms with E-state index in [1.165, 1.54) is 4.31 Å². The molecule has 6 heteroatoms. The van der Waals surface area contributed by atoms with Gasteiger partial charge in [0.2, 0.25) is 10.0 Å². The van der Waals surface area contributed by atoms with Gasteiger partial charge in [0, 0.05) is 19.0 Å². The SMILES string of the molecule is CCCC(C)N(CCC(=N)OCC)S(=O)(=O)c1ccccc1. The third-order valence-electron chi connectivity index (χ3n) is 3.43. The van der Waals surface area contributed by atoms with Crippen molar-refractivity contribution < 1.29 is 13.2 Å². The molecule has 0 saturated carbocycles. The van der Waals surface area contributed by atoms with Crippen LogP contribution in [0.25, 0.3) is 0 Å². The lowest BCUT2D eigenvalue weighted by Gasteiger charge is -2.28. The minimum Gasteiger partial charge on any atom is -0.481 e. The Bertz CT molecular complexity index is 558. The number of sulfonamides is 1. The highest BCUT2D eigenvalue weighted by molar-refractivity contribution is 7.89. The Labute approximate surface area is 133 Å². The smallest absolute Gasteiger partial charge is 0.243 e. The highest BCUT2D eigenvalue weighted by Gasteiger charge is 2.28. The summed E-state index contributed by atoms with van der Waals surface area (Å²) < 4.78 is 32.3. The summed E-state index contributed by atoms with van der Waals surface area (Å²) in [6.45, 7) is 6.44. The third-order valence-corrected chi connectivity index (χ3v) is 5.45. The van der Waals surface area contributed by atoms with E-state index in [1.54, 1.807) is 30.3 Å². The molecule has 5 nitrogen and oxygen atoms in total. The van der Waals surface area contributed by atoms with Gasteiger partial charge in [0.1, 0.15) is 0 Å². The Balaban J connectivity index is 2.97. The molecule has 0 aliphatic rings. The molecule has 0 amide bonds. The first kappa shape index (κ1) is 18.6. The van der Waals surface area contributed by atoms with E-state index >= 15 is 0 Å².